The lowest BCUT2D eigenvalue weighted by atomic mass is 10.1. The zero-order chi connectivity index (χ0) is 11.7. The van der Waals surface area contributed by atoms with Crippen LogP contribution >= 0.6 is 23.2 Å². The molecule has 0 radical (unpaired) electrons. The minimum atomic E-state index is 0.216. The summed E-state index contributed by atoms with van der Waals surface area (Å²) in [6.07, 6.45) is 0. The van der Waals surface area contributed by atoms with Crippen LogP contribution in [0.5, 0.6) is 0 Å². The number of nitrogens with one attached hydrogen (secondary N) is 1. The van der Waals surface area contributed by atoms with Crippen LogP contribution < -0.4 is 5.73 Å². The molecule has 2 aromatic rings. The zero-order valence-corrected chi connectivity index (χ0v) is 9.47. The van der Waals surface area contributed by atoms with Crippen molar-refractivity contribution in [3.63, 3.8) is 0 Å². The second-order valence-corrected chi connectivity index (χ2v) is 3.86. The van der Waals surface area contributed by atoms with Crippen molar-refractivity contribution in [1.29, 1.82) is 5.26 Å². The Balaban J connectivity index is 2.69. The summed E-state index contributed by atoms with van der Waals surface area (Å²) in [6.45, 7) is 0. The number of aromatic nitrogens is 2. The van der Waals surface area contributed by atoms with Crippen molar-refractivity contribution in [3.05, 3.63) is 33.8 Å². The van der Waals surface area contributed by atoms with E-state index < -0.39 is 0 Å². The molecule has 0 fully saturated rings. The highest BCUT2D eigenvalue weighted by atomic mass is 35.5. The number of aromatic amines is 1. The third-order valence-corrected chi connectivity index (χ3v) is 2.93. The van der Waals surface area contributed by atoms with E-state index in [9.17, 15) is 0 Å². The Hall–Kier alpha value is -1.70. The van der Waals surface area contributed by atoms with Crippen molar-refractivity contribution < 1.29 is 0 Å². The Morgan fingerprint density at radius 3 is 2.81 bits per heavy atom. The van der Waals surface area contributed by atoms with E-state index >= 15 is 0 Å². The van der Waals surface area contributed by atoms with Crippen LogP contribution in [-0.2, 0) is 0 Å². The van der Waals surface area contributed by atoms with Crippen LogP contribution in [0.2, 0.25) is 10.0 Å². The number of anilines is 1. The molecule has 0 spiro atoms. The molecule has 0 amide bonds. The predicted molar refractivity (Wildman–Crippen MR) is 63.2 cm³/mol. The lowest BCUT2D eigenvalue weighted by Gasteiger charge is -2.02. The molecule has 0 aliphatic heterocycles. The first-order chi connectivity index (χ1) is 7.65. The van der Waals surface area contributed by atoms with Gasteiger partial charge in [0, 0.05) is 5.56 Å². The summed E-state index contributed by atoms with van der Waals surface area (Å²) in [4.78, 5) is 0. The van der Waals surface area contributed by atoms with E-state index in [0.29, 0.717) is 21.3 Å². The number of nitrogen functional groups attached to an aromatic ring is 1. The van der Waals surface area contributed by atoms with E-state index in [1.165, 1.54) is 0 Å². The molecule has 6 heteroatoms. The van der Waals surface area contributed by atoms with Gasteiger partial charge in [-0.15, -0.1) is 0 Å². The second-order valence-electron chi connectivity index (χ2n) is 3.07. The summed E-state index contributed by atoms with van der Waals surface area (Å²) in [5.74, 6) is 0.216. The lowest BCUT2D eigenvalue weighted by Crippen LogP contribution is -1.88. The van der Waals surface area contributed by atoms with Gasteiger partial charge in [0.1, 0.15) is 23.1 Å². The molecular formula is C10H6Cl2N4. The molecule has 1 aromatic carbocycles. The van der Waals surface area contributed by atoms with E-state index in [0.717, 1.165) is 0 Å². The first-order valence-corrected chi connectivity index (χ1v) is 5.09. The van der Waals surface area contributed by atoms with Crippen LogP contribution in [0.4, 0.5) is 5.82 Å². The van der Waals surface area contributed by atoms with Crippen LogP contribution in [0, 0.1) is 11.3 Å². The molecule has 4 nitrogen and oxygen atoms in total. The molecular weight excluding hydrogens is 247 g/mol. The lowest BCUT2D eigenvalue weighted by molar-refractivity contribution is 1.10. The van der Waals surface area contributed by atoms with Crippen LogP contribution in [0.25, 0.3) is 11.3 Å². The third-order valence-electron chi connectivity index (χ3n) is 2.11. The molecule has 0 aliphatic carbocycles. The first kappa shape index (κ1) is 10.8. The molecule has 0 bridgehead atoms. The summed E-state index contributed by atoms with van der Waals surface area (Å²) in [6, 6.07) is 7.09. The standard InChI is InChI=1S/C10H6Cl2N4/c11-7-3-1-2-5(8(7)12)9-6(4-13)10(14)16-15-9/h1-3H,(H3,14,15,16). The highest BCUT2D eigenvalue weighted by molar-refractivity contribution is 6.43. The fraction of sp³-hybridized carbons (Fsp3) is 0. The fourth-order valence-electron chi connectivity index (χ4n) is 1.35. The van der Waals surface area contributed by atoms with Crippen molar-refractivity contribution in [2.75, 3.05) is 5.73 Å². The molecule has 2 rings (SSSR count). The second kappa shape index (κ2) is 4.05. The van der Waals surface area contributed by atoms with Gasteiger partial charge in [-0.2, -0.15) is 10.4 Å². The normalized spacial score (nSPS) is 10.1. The quantitative estimate of drug-likeness (QED) is 0.820. The highest BCUT2D eigenvalue weighted by Crippen LogP contribution is 2.34. The Kier molecular flexibility index (Phi) is 2.73. The summed E-state index contributed by atoms with van der Waals surface area (Å²) in [5, 5.41) is 16.2. The number of hydrogen-bond donors (Lipinski definition) is 2. The monoisotopic (exact) mass is 252 g/mol. The predicted octanol–water partition coefficient (Wildman–Crippen LogP) is 2.84. The molecule has 0 saturated carbocycles. The van der Waals surface area contributed by atoms with Crippen molar-refractivity contribution in [1.82, 2.24) is 10.2 Å². The van der Waals surface area contributed by atoms with Gasteiger partial charge in [-0.05, 0) is 6.07 Å². The Labute approximate surface area is 102 Å². The van der Waals surface area contributed by atoms with Crippen molar-refractivity contribution in [2.45, 2.75) is 0 Å². The molecule has 0 saturated heterocycles. The van der Waals surface area contributed by atoms with Gasteiger partial charge >= 0.3 is 0 Å². The summed E-state index contributed by atoms with van der Waals surface area (Å²) in [7, 11) is 0. The number of H-pyrrole nitrogens is 1. The Morgan fingerprint density at radius 1 is 1.38 bits per heavy atom. The van der Waals surface area contributed by atoms with Crippen LogP contribution in [-0.4, -0.2) is 10.2 Å². The molecule has 16 heavy (non-hydrogen) atoms. The SMILES string of the molecule is N#Cc1c(-c2cccc(Cl)c2Cl)n[nH]c1N. The summed E-state index contributed by atoms with van der Waals surface area (Å²) >= 11 is 11.9. The van der Waals surface area contributed by atoms with E-state index in [-0.39, 0.29) is 11.4 Å². The van der Waals surface area contributed by atoms with Gasteiger partial charge in [0.2, 0.25) is 0 Å². The molecule has 1 aromatic heterocycles. The van der Waals surface area contributed by atoms with Crippen molar-refractivity contribution in [2.24, 2.45) is 0 Å². The maximum absolute atomic E-state index is 8.94. The van der Waals surface area contributed by atoms with E-state index in [1.807, 2.05) is 6.07 Å². The topological polar surface area (TPSA) is 78.5 Å². The minimum absolute atomic E-state index is 0.216. The number of rotatable bonds is 1. The van der Waals surface area contributed by atoms with Crippen molar-refractivity contribution in [3.8, 4) is 17.3 Å². The maximum atomic E-state index is 8.94. The number of hydrogen-bond acceptors (Lipinski definition) is 3. The van der Waals surface area contributed by atoms with Gasteiger partial charge in [0.15, 0.2) is 0 Å². The van der Waals surface area contributed by atoms with Crippen LogP contribution in [0.3, 0.4) is 0 Å². The van der Waals surface area contributed by atoms with Gasteiger partial charge in [-0.1, -0.05) is 35.3 Å². The number of nitrogens with two attached hydrogens (primary N) is 1. The van der Waals surface area contributed by atoms with E-state index in [4.69, 9.17) is 34.2 Å². The molecule has 0 aliphatic rings. The molecule has 0 atom stereocenters. The first-order valence-electron chi connectivity index (χ1n) is 4.33. The molecule has 80 valence electrons. The number of halogens is 2. The smallest absolute Gasteiger partial charge is 0.137 e. The van der Waals surface area contributed by atoms with Crippen molar-refractivity contribution >= 4 is 29.0 Å². The Morgan fingerprint density at radius 2 is 2.12 bits per heavy atom. The summed E-state index contributed by atoms with van der Waals surface area (Å²) < 4.78 is 0. The van der Waals surface area contributed by atoms with Gasteiger partial charge in [0.25, 0.3) is 0 Å². The largest absolute Gasteiger partial charge is 0.383 e. The number of benzene rings is 1. The van der Waals surface area contributed by atoms with Crippen LogP contribution in [0.15, 0.2) is 18.2 Å². The average Bonchev–Trinajstić information content (AvgIpc) is 2.63. The number of nitriles is 1. The molecule has 3 N–H and O–H groups in total. The zero-order valence-electron chi connectivity index (χ0n) is 7.96. The number of nitrogens with zero attached hydrogens (tertiary/aromatic N) is 2. The van der Waals surface area contributed by atoms with Gasteiger partial charge in [0.05, 0.1) is 10.0 Å². The van der Waals surface area contributed by atoms with E-state index in [2.05, 4.69) is 10.2 Å². The van der Waals surface area contributed by atoms with Gasteiger partial charge in [-0.25, -0.2) is 0 Å². The fourth-order valence-corrected chi connectivity index (χ4v) is 1.74. The molecule has 1 heterocycles. The summed E-state index contributed by atoms with van der Waals surface area (Å²) in [5.41, 5.74) is 6.82. The average molecular weight is 253 g/mol. The minimum Gasteiger partial charge on any atom is -0.383 e. The van der Waals surface area contributed by atoms with E-state index in [1.54, 1.807) is 18.2 Å². The third kappa shape index (κ3) is 1.60. The van der Waals surface area contributed by atoms with Crippen LogP contribution in [0.1, 0.15) is 5.56 Å². The van der Waals surface area contributed by atoms with Gasteiger partial charge in [-0.3, -0.25) is 5.10 Å². The van der Waals surface area contributed by atoms with Gasteiger partial charge < -0.3 is 5.73 Å². The molecule has 0 unspecified atom stereocenters. The maximum Gasteiger partial charge on any atom is 0.137 e. The highest BCUT2D eigenvalue weighted by Gasteiger charge is 2.16. The Bertz CT molecular complexity index is 583.